The number of benzene rings is 1. The number of carbonyl (C=O) groups excluding carboxylic acids is 1. The van der Waals surface area contributed by atoms with Crippen molar-refractivity contribution in [3.05, 3.63) is 75.6 Å². The third-order valence-corrected chi connectivity index (χ3v) is 4.92. The van der Waals surface area contributed by atoms with E-state index in [4.69, 9.17) is 0 Å². The molecule has 7 heteroatoms. The van der Waals surface area contributed by atoms with Gasteiger partial charge >= 0.3 is 0 Å². The SMILES string of the molecule is CC(C)(C(=O)NCc1ccc(F)cc1)n1nc(-c2cccs2)ccc1=O. The number of hydrogen-bond acceptors (Lipinski definition) is 4. The molecule has 1 N–H and O–H groups in total. The predicted octanol–water partition coefficient (Wildman–Crippen LogP) is 3.16. The Morgan fingerprint density at radius 3 is 2.58 bits per heavy atom. The zero-order valence-corrected chi connectivity index (χ0v) is 15.2. The summed E-state index contributed by atoms with van der Waals surface area (Å²) in [5.74, 6) is -0.679. The maximum atomic E-state index is 13.0. The van der Waals surface area contributed by atoms with E-state index in [1.807, 2.05) is 17.5 Å². The number of nitrogens with one attached hydrogen (secondary N) is 1. The van der Waals surface area contributed by atoms with E-state index in [1.54, 1.807) is 32.0 Å². The van der Waals surface area contributed by atoms with Gasteiger partial charge in [-0.15, -0.1) is 11.3 Å². The molecule has 3 aromatic rings. The van der Waals surface area contributed by atoms with E-state index >= 15 is 0 Å². The number of thiophene rings is 1. The third-order valence-electron chi connectivity index (χ3n) is 4.03. The molecular formula is C19H18FN3O2S. The summed E-state index contributed by atoms with van der Waals surface area (Å²) in [5, 5.41) is 9.08. The van der Waals surface area contributed by atoms with Crippen LogP contribution in [0.5, 0.6) is 0 Å². The van der Waals surface area contributed by atoms with Crippen LogP contribution in [0.1, 0.15) is 19.4 Å². The van der Waals surface area contributed by atoms with Crippen molar-refractivity contribution < 1.29 is 9.18 Å². The molecule has 0 aliphatic carbocycles. The largest absolute Gasteiger partial charge is 0.350 e. The van der Waals surface area contributed by atoms with Gasteiger partial charge in [0.05, 0.1) is 4.88 Å². The average molecular weight is 371 g/mol. The highest BCUT2D eigenvalue weighted by Crippen LogP contribution is 2.22. The van der Waals surface area contributed by atoms with Crippen LogP contribution < -0.4 is 10.9 Å². The van der Waals surface area contributed by atoms with Gasteiger partial charge in [-0.1, -0.05) is 18.2 Å². The second-order valence-corrected chi connectivity index (χ2v) is 7.26. The highest BCUT2D eigenvalue weighted by Gasteiger charge is 2.32. The third kappa shape index (κ3) is 3.72. The zero-order chi connectivity index (χ0) is 18.7. The maximum Gasteiger partial charge on any atom is 0.267 e. The molecular weight excluding hydrogens is 353 g/mol. The summed E-state index contributed by atoms with van der Waals surface area (Å²) in [4.78, 5) is 25.9. The summed E-state index contributed by atoms with van der Waals surface area (Å²) in [6.07, 6.45) is 0. The van der Waals surface area contributed by atoms with Crippen LogP contribution in [-0.2, 0) is 16.9 Å². The number of rotatable bonds is 5. The summed E-state index contributed by atoms with van der Waals surface area (Å²) in [7, 11) is 0. The van der Waals surface area contributed by atoms with E-state index in [0.717, 1.165) is 10.4 Å². The van der Waals surface area contributed by atoms with Crippen molar-refractivity contribution in [2.24, 2.45) is 0 Å². The molecule has 0 saturated carbocycles. The van der Waals surface area contributed by atoms with Gasteiger partial charge < -0.3 is 5.32 Å². The fraction of sp³-hybridized carbons (Fsp3) is 0.211. The molecule has 2 aromatic heterocycles. The number of aromatic nitrogens is 2. The van der Waals surface area contributed by atoms with Gasteiger partial charge in [0.2, 0.25) is 5.91 Å². The van der Waals surface area contributed by atoms with Crippen molar-refractivity contribution >= 4 is 17.2 Å². The molecule has 2 heterocycles. The number of amides is 1. The molecule has 0 bridgehead atoms. The smallest absolute Gasteiger partial charge is 0.267 e. The van der Waals surface area contributed by atoms with Gasteiger partial charge in [-0.25, -0.2) is 9.07 Å². The summed E-state index contributed by atoms with van der Waals surface area (Å²) in [6.45, 7) is 3.51. The van der Waals surface area contributed by atoms with E-state index < -0.39 is 5.54 Å². The lowest BCUT2D eigenvalue weighted by Gasteiger charge is -2.25. The first-order valence-corrected chi connectivity index (χ1v) is 8.93. The molecule has 0 unspecified atom stereocenters. The molecule has 5 nitrogen and oxygen atoms in total. The number of hydrogen-bond donors (Lipinski definition) is 1. The first kappa shape index (κ1) is 18.0. The Labute approximate surface area is 154 Å². The maximum absolute atomic E-state index is 13.0. The Bertz CT molecular complexity index is 963. The van der Waals surface area contributed by atoms with E-state index in [0.29, 0.717) is 5.69 Å². The van der Waals surface area contributed by atoms with Crippen LogP contribution in [-0.4, -0.2) is 15.7 Å². The van der Waals surface area contributed by atoms with Crippen molar-refractivity contribution in [3.63, 3.8) is 0 Å². The second kappa shape index (κ2) is 7.21. The topological polar surface area (TPSA) is 64.0 Å². The highest BCUT2D eigenvalue weighted by atomic mass is 32.1. The van der Waals surface area contributed by atoms with E-state index in [2.05, 4.69) is 10.4 Å². The Morgan fingerprint density at radius 2 is 1.92 bits per heavy atom. The second-order valence-electron chi connectivity index (χ2n) is 6.31. The predicted molar refractivity (Wildman–Crippen MR) is 99.4 cm³/mol. The van der Waals surface area contributed by atoms with Crippen LogP contribution in [0.4, 0.5) is 4.39 Å². The summed E-state index contributed by atoms with van der Waals surface area (Å²) in [5.41, 5.74) is -0.126. The first-order valence-electron chi connectivity index (χ1n) is 8.05. The van der Waals surface area contributed by atoms with Crippen LogP contribution in [0.15, 0.2) is 58.7 Å². The quantitative estimate of drug-likeness (QED) is 0.749. The summed E-state index contributed by atoms with van der Waals surface area (Å²) in [6, 6.07) is 12.7. The normalized spacial score (nSPS) is 11.3. The average Bonchev–Trinajstić information content (AvgIpc) is 3.16. The highest BCUT2D eigenvalue weighted by molar-refractivity contribution is 7.13. The molecule has 26 heavy (non-hydrogen) atoms. The van der Waals surface area contributed by atoms with Crippen LogP contribution >= 0.6 is 11.3 Å². The zero-order valence-electron chi connectivity index (χ0n) is 14.4. The van der Waals surface area contributed by atoms with Crippen molar-refractivity contribution in [1.29, 1.82) is 0 Å². The van der Waals surface area contributed by atoms with Gasteiger partial charge in [-0.2, -0.15) is 5.10 Å². The molecule has 0 aliphatic heterocycles. The fourth-order valence-corrected chi connectivity index (χ4v) is 3.15. The van der Waals surface area contributed by atoms with Crippen molar-refractivity contribution in [3.8, 4) is 10.6 Å². The lowest BCUT2D eigenvalue weighted by molar-refractivity contribution is -0.129. The number of nitrogens with zero attached hydrogens (tertiary/aromatic N) is 2. The molecule has 0 atom stereocenters. The summed E-state index contributed by atoms with van der Waals surface area (Å²) >= 11 is 1.51. The Balaban J connectivity index is 1.82. The Hall–Kier alpha value is -2.80. The standard InChI is InChI=1S/C19H18FN3O2S/c1-19(2,18(25)21-12-13-5-7-14(20)8-6-13)23-17(24)10-9-15(22-23)16-4-3-11-26-16/h3-11H,12H2,1-2H3,(H,21,25). The molecule has 0 aliphatic rings. The number of carbonyl (C=O) groups is 1. The molecule has 1 aromatic carbocycles. The fourth-order valence-electron chi connectivity index (χ4n) is 2.46. The minimum absolute atomic E-state index is 0.238. The van der Waals surface area contributed by atoms with Gasteiger partial charge in [-0.05, 0) is 49.1 Å². The van der Waals surface area contributed by atoms with Crippen molar-refractivity contribution in [2.45, 2.75) is 25.9 Å². The monoisotopic (exact) mass is 371 g/mol. The first-order chi connectivity index (χ1) is 12.4. The summed E-state index contributed by atoms with van der Waals surface area (Å²) < 4.78 is 14.2. The molecule has 134 valence electrons. The van der Waals surface area contributed by atoms with Crippen LogP contribution in [0.3, 0.4) is 0 Å². The van der Waals surface area contributed by atoms with E-state index in [1.165, 1.54) is 34.2 Å². The Morgan fingerprint density at radius 1 is 1.19 bits per heavy atom. The minimum atomic E-state index is -1.18. The van der Waals surface area contributed by atoms with Gasteiger partial charge in [-0.3, -0.25) is 9.59 Å². The van der Waals surface area contributed by atoms with Gasteiger partial charge in [0.1, 0.15) is 17.1 Å². The van der Waals surface area contributed by atoms with E-state index in [-0.39, 0.29) is 23.8 Å². The van der Waals surface area contributed by atoms with Gasteiger partial charge in [0, 0.05) is 12.6 Å². The molecule has 0 fully saturated rings. The van der Waals surface area contributed by atoms with Crippen LogP contribution in [0.2, 0.25) is 0 Å². The molecule has 3 rings (SSSR count). The van der Waals surface area contributed by atoms with Gasteiger partial charge in [0.25, 0.3) is 5.56 Å². The van der Waals surface area contributed by atoms with Crippen molar-refractivity contribution in [2.75, 3.05) is 0 Å². The minimum Gasteiger partial charge on any atom is -0.350 e. The molecule has 0 spiro atoms. The lowest BCUT2D eigenvalue weighted by Crippen LogP contribution is -2.49. The van der Waals surface area contributed by atoms with E-state index in [9.17, 15) is 14.0 Å². The van der Waals surface area contributed by atoms with Crippen LogP contribution in [0.25, 0.3) is 10.6 Å². The van der Waals surface area contributed by atoms with Crippen LogP contribution in [0, 0.1) is 5.82 Å². The van der Waals surface area contributed by atoms with Gasteiger partial charge in [0.15, 0.2) is 0 Å². The van der Waals surface area contributed by atoms with Crippen molar-refractivity contribution in [1.82, 2.24) is 15.1 Å². The number of halogens is 1. The molecule has 1 amide bonds. The molecule has 0 radical (unpaired) electrons. The lowest BCUT2D eigenvalue weighted by atomic mass is 10.0. The molecule has 0 saturated heterocycles. The Kier molecular flexibility index (Phi) is 4.99.